The second kappa shape index (κ2) is 16.7. The Kier molecular flexibility index (Phi) is 13.8. The van der Waals surface area contributed by atoms with E-state index in [4.69, 9.17) is 9.84 Å². The summed E-state index contributed by atoms with van der Waals surface area (Å²) in [4.78, 5) is 39.2. The van der Waals surface area contributed by atoms with Crippen LogP contribution in [0.4, 0.5) is 4.79 Å². The number of hydrogen-bond donors (Lipinski definition) is 5. The molecule has 41 heavy (non-hydrogen) atoms. The summed E-state index contributed by atoms with van der Waals surface area (Å²) in [6, 6.07) is 17.4. The average Bonchev–Trinajstić information content (AvgIpc) is 2.90. The van der Waals surface area contributed by atoms with Crippen molar-refractivity contribution in [3.05, 3.63) is 71.8 Å². The molecule has 3 amide bonds. The Balaban J connectivity index is 2.30. The number of hydrogen-bond acceptors (Lipinski definition) is 6. The van der Waals surface area contributed by atoms with E-state index in [1.54, 1.807) is 20.8 Å². The van der Waals surface area contributed by atoms with Crippen molar-refractivity contribution in [2.24, 2.45) is 11.8 Å². The Labute approximate surface area is 244 Å². The number of nitrogens with one attached hydrogen (secondary N) is 3. The van der Waals surface area contributed by atoms with E-state index >= 15 is 0 Å². The first-order valence-electron chi connectivity index (χ1n) is 14.3. The minimum Gasteiger partial charge on any atom is -0.444 e. The summed E-state index contributed by atoms with van der Waals surface area (Å²) in [6.07, 6.45) is -0.615. The molecule has 0 aromatic heterocycles. The van der Waals surface area contributed by atoms with E-state index < -0.39 is 35.8 Å². The number of rotatable bonds is 15. The smallest absolute Gasteiger partial charge is 0.407 e. The zero-order valence-electron chi connectivity index (χ0n) is 24.9. The molecule has 0 unspecified atom stereocenters. The lowest BCUT2D eigenvalue weighted by Crippen LogP contribution is -2.51. The molecule has 2 aromatic rings. The summed E-state index contributed by atoms with van der Waals surface area (Å²) in [5.74, 6) is -1.29. The molecule has 0 bridgehead atoms. The largest absolute Gasteiger partial charge is 0.444 e. The third-order valence-corrected chi connectivity index (χ3v) is 6.44. The van der Waals surface area contributed by atoms with Crippen LogP contribution in [-0.2, 0) is 27.2 Å². The monoisotopic (exact) mass is 569 g/mol. The predicted molar refractivity (Wildman–Crippen MR) is 159 cm³/mol. The third-order valence-electron chi connectivity index (χ3n) is 6.44. The summed E-state index contributed by atoms with van der Waals surface area (Å²) in [5, 5.41) is 28.9. The zero-order valence-corrected chi connectivity index (χ0v) is 24.9. The molecule has 0 fully saturated rings. The van der Waals surface area contributed by atoms with Gasteiger partial charge in [-0.2, -0.15) is 0 Å². The molecule has 0 spiro atoms. The summed E-state index contributed by atoms with van der Waals surface area (Å²) in [6.45, 7) is 9.09. The minimum atomic E-state index is -1.09. The van der Waals surface area contributed by atoms with Gasteiger partial charge in [0.1, 0.15) is 11.6 Å². The molecule has 2 rings (SSSR count). The van der Waals surface area contributed by atoms with E-state index in [0.29, 0.717) is 19.3 Å². The van der Waals surface area contributed by atoms with Crippen molar-refractivity contribution in [2.45, 2.75) is 84.1 Å². The highest BCUT2D eigenvalue weighted by atomic mass is 16.6. The van der Waals surface area contributed by atoms with Gasteiger partial charge in [-0.1, -0.05) is 74.5 Å². The first-order valence-corrected chi connectivity index (χ1v) is 14.3. The van der Waals surface area contributed by atoms with Crippen LogP contribution in [-0.4, -0.2) is 65.1 Å². The Bertz CT molecular complexity index is 1070. The molecular weight excluding hydrogens is 522 g/mol. The van der Waals surface area contributed by atoms with Gasteiger partial charge in [0.25, 0.3) is 0 Å². The number of alkyl carbamates (subject to hydrolysis) is 1. The lowest BCUT2D eigenvalue weighted by Gasteiger charge is -2.30. The van der Waals surface area contributed by atoms with E-state index in [1.165, 1.54) is 0 Å². The standard InChI is InChI=1S/C32H47N3O6/c1-22(2)18-27(30(39)33-16-17-36)34-29(38)25(19-23-12-8-6-9-13-23)21-28(37)26(20-24-14-10-7-11-15-24)35-31(40)41-32(3,4)5/h6-15,22,25-28,36-37H,16-21H2,1-5H3,(H,33,39)(H,34,38)(H,35,40)/t25-,26-,27-,28-/m0/s1. The first kappa shape index (κ1) is 33.8. The summed E-state index contributed by atoms with van der Waals surface area (Å²) < 4.78 is 5.45. The van der Waals surface area contributed by atoms with Gasteiger partial charge in [0.05, 0.1) is 18.8 Å². The normalized spacial score (nSPS) is 14.4. The van der Waals surface area contributed by atoms with Crippen molar-refractivity contribution in [2.75, 3.05) is 13.2 Å². The van der Waals surface area contributed by atoms with E-state index in [2.05, 4.69) is 16.0 Å². The van der Waals surface area contributed by atoms with Gasteiger partial charge in [-0.05, 0) is 63.5 Å². The van der Waals surface area contributed by atoms with Crippen LogP contribution in [0.3, 0.4) is 0 Å². The second-order valence-corrected chi connectivity index (χ2v) is 11.8. The van der Waals surface area contributed by atoms with E-state index in [0.717, 1.165) is 11.1 Å². The fourth-order valence-corrected chi connectivity index (χ4v) is 4.54. The van der Waals surface area contributed by atoms with Crippen LogP contribution in [0.25, 0.3) is 0 Å². The number of benzene rings is 2. The van der Waals surface area contributed by atoms with Crippen LogP contribution < -0.4 is 16.0 Å². The average molecular weight is 570 g/mol. The van der Waals surface area contributed by atoms with Crippen LogP contribution in [0.15, 0.2) is 60.7 Å². The molecule has 5 N–H and O–H groups in total. The molecule has 0 saturated heterocycles. The fourth-order valence-electron chi connectivity index (χ4n) is 4.54. The molecule has 9 nitrogen and oxygen atoms in total. The van der Waals surface area contributed by atoms with Crippen molar-refractivity contribution in [1.82, 2.24) is 16.0 Å². The van der Waals surface area contributed by atoms with Gasteiger partial charge < -0.3 is 30.9 Å². The van der Waals surface area contributed by atoms with E-state index in [1.807, 2.05) is 74.5 Å². The fraction of sp³-hybridized carbons (Fsp3) is 0.531. The molecule has 9 heteroatoms. The van der Waals surface area contributed by atoms with Crippen molar-refractivity contribution in [3.8, 4) is 0 Å². The molecular formula is C32H47N3O6. The molecule has 0 aliphatic heterocycles. The van der Waals surface area contributed by atoms with Gasteiger partial charge in [0, 0.05) is 12.5 Å². The van der Waals surface area contributed by atoms with Crippen molar-refractivity contribution < 1.29 is 29.3 Å². The SMILES string of the molecule is CC(C)C[C@H](NC(=O)[C@@H](Cc1ccccc1)C[C@H](O)[C@H](Cc1ccccc1)NC(=O)OC(C)(C)C)C(=O)NCCO. The molecule has 0 aliphatic rings. The predicted octanol–water partition coefficient (Wildman–Crippen LogP) is 3.37. The van der Waals surface area contributed by atoms with Gasteiger partial charge in [0.2, 0.25) is 11.8 Å². The number of aliphatic hydroxyl groups excluding tert-OH is 2. The summed E-state index contributed by atoms with van der Waals surface area (Å²) >= 11 is 0. The summed E-state index contributed by atoms with van der Waals surface area (Å²) in [5.41, 5.74) is 1.10. The van der Waals surface area contributed by atoms with Gasteiger partial charge in [-0.3, -0.25) is 9.59 Å². The highest BCUT2D eigenvalue weighted by Crippen LogP contribution is 2.20. The maximum atomic E-state index is 13.7. The lowest BCUT2D eigenvalue weighted by atomic mass is 9.88. The number of carbonyl (C=O) groups is 3. The third kappa shape index (κ3) is 13.2. The maximum Gasteiger partial charge on any atom is 0.407 e. The Morgan fingerprint density at radius 2 is 1.39 bits per heavy atom. The van der Waals surface area contributed by atoms with E-state index in [-0.39, 0.29) is 37.3 Å². The van der Waals surface area contributed by atoms with E-state index in [9.17, 15) is 19.5 Å². The van der Waals surface area contributed by atoms with Crippen LogP contribution in [0, 0.1) is 11.8 Å². The minimum absolute atomic E-state index is 0.0423. The quantitative estimate of drug-likeness (QED) is 0.223. The first-order chi connectivity index (χ1) is 19.4. The number of ether oxygens (including phenoxy) is 1. The molecule has 0 radical (unpaired) electrons. The van der Waals surface area contributed by atoms with Crippen LogP contribution in [0.2, 0.25) is 0 Å². The van der Waals surface area contributed by atoms with Crippen LogP contribution in [0.1, 0.15) is 58.6 Å². The van der Waals surface area contributed by atoms with Gasteiger partial charge in [-0.15, -0.1) is 0 Å². The maximum absolute atomic E-state index is 13.7. The number of aliphatic hydroxyl groups is 2. The topological polar surface area (TPSA) is 137 Å². The highest BCUT2D eigenvalue weighted by Gasteiger charge is 2.32. The molecule has 0 aliphatic carbocycles. The Morgan fingerprint density at radius 3 is 1.90 bits per heavy atom. The van der Waals surface area contributed by atoms with Gasteiger partial charge >= 0.3 is 6.09 Å². The molecule has 0 saturated carbocycles. The Morgan fingerprint density at radius 1 is 0.829 bits per heavy atom. The van der Waals surface area contributed by atoms with Crippen LogP contribution >= 0.6 is 0 Å². The number of carbonyl (C=O) groups excluding carboxylic acids is 3. The van der Waals surface area contributed by atoms with Crippen molar-refractivity contribution in [3.63, 3.8) is 0 Å². The number of amides is 3. The Hall–Kier alpha value is -3.43. The molecule has 4 atom stereocenters. The second-order valence-electron chi connectivity index (χ2n) is 11.8. The van der Waals surface area contributed by atoms with Crippen molar-refractivity contribution in [1.29, 1.82) is 0 Å². The van der Waals surface area contributed by atoms with Crippen molar-refractivity contribution >= 4 is 17.9 Å². The summed E-state index contributed by atoms with van der Waals surface area (Å²) in [7, 11) is 0. The lowest BCUT2D eigenvalue weighted by molar-refractivity contribution is -0.132. The zero-order chi connectivity index (χ0) is 30.4. The highest BCUT2D eigenvalue weighted by molar-refractivity contribution is 5.88. The molecule has 2 aromatic carbocycles. The molecule has 226 valence electrons. The van der Waals surface area contributed by atoms with Gasteiger partial charge in [-0.25, -0.2) is 4.79 Å². The molecule has 0 heterocycles. The van der Waals surface area contributed by atoms with Gasteiger partial charge in [0.15, 0.2) is 0 Å². The van der Waals surface area contributed by atoms with Crippen LogP contribution in [0.5, 0.6) is 0 Å².